The van der Waals surface area contributed by atoms with Crippen LogP contribution in [0.25, 0.3) is 10.9 Å². The number of carbonyl (C=O) groups is 3. The van der Waals surface area contributed by atoms with Gasteiger partial charge in [0.1, 0.15) is 18.2 Å². The van der Waals surface area contributed by atoms with Gasteiger partial charge in [0.25, 0.3) is 0 Å². The minimum atomic E-state index is -4.13. The molecule has 0 aliphatic carbocycles. The highest BCUT2D eigenvalue weighted by Crippen LogP contribution is 2.21. The van der Waals surface area contributed by atoms with Gasteiger partial charge in [-0.1, -0.05) is 48.5 Å². The first-order valence-corrected chi connectivity index (χ1v) is 14.5. The highest BCUT2D eigenvalue weighted by Gasteiger charge is 2.23. The number of para-hydroxylation sites is 1. The molecule has 4 N–H and O–H groups in total. The summed E-state index contributed by atoms with van der Waals surface area (Å²) < 4.78 is 38.5. The van der Waals surface area contributed by atoms with E-state index in [0.717, 1.165) is 10.9 Å². The summed E-state index contributed by atoms with van der Waals surface area (Å²) in [7, 11) is -4.13. The highest BCUT2D eigenvalue weighted by molar-refractivity contribution is 7.88. The van der Waals surface area contributed by atoms with Gasteiger partial charge in [-0.3, -0.25) is 9.78 Å². The van der Waals surface area contributed by atoms with Crippen LogP contribution in [-0.2, 0) is 31.1 Å². The second-order valence-electron chi connectivity index (χ2n) is 10.1. The van der Waals surface area contributed by atoms with E-state index in [9.17, 15) is 22.8 Å². The van der Waals surface area contributed by atoms with Crippen molar-refractivity contribution in [1.29, 1.82) is 0 Å². The second-order valence-corrected chi connectivity index (χ2v) is 11.6. The number of fused-ring (bicyclic) bond motifs is 1. The average Bonchev–Trinajstić information content (AvgIpc) is 2.90. The fraction of sp³-hybridized carbons (Fsp3) is 0.357. The van der Waals surface area contributed by atoms with Crippen LogP contribution in [-0.4, -0.2) is 49.7 Å². The van der Waals surface area contributed by atoms with Gasteiger partial charge in [0.2, 0.25) is 5.91 Å². The number of carbonyl (C=O) groups excluding carboxylic acids is 3. The van der Waals surface area contributed by atoms with Crippen molar-refractivity contribution in [3.05, 3.63) is 72.4 Å². The van der Waals surface area contributed by atoms with Crippen molar-refractivity contribution in [2.24, 2.45) is 0 Å². The minimum absolute atomic E-state index is 0.0157. The van der Waals surface area contributed by atoms with E-state index in [2.05, 4.69) is 20.3 Å². The van der Waals surface area contributed by atoms with Gasteiger partial charge in [0.05, 0.1) is 11.2 Å². The molecular formula is C28H35N5O7S. The zero-order valence-electron chi connectivity index (χ0n) is 23.2. The van der Waals surface area contributed by atoms with Crippen molar-refractivity contribution >= 4 is 44.9 Å². The van der Waals surface area contributed by atoms with E-state index in [1.54, 1.807) is 49.9 Å². The zero-order chi connectivity index (χ0) is 29.9. The lowest BCUT2D eigenvalue weighted by molar-refractivity contribution is -0.118. The van der Waals surface area contributed by atoms with E-state index in [1.165, 1.54) is 0 Å². The Hall–Kier alpha value is -4.23. The predicted octanol–water partition coefficient (Wildman–Crippen LogP) is 4.00. The van der Waals surface area contributed by atoms with Crippen LogP contribution >= 0.6 is 0 Å². The Morgan fingerprint density at radius 2 is 1.66 bits per heavy atom. The van der Waals surface area contributed by atoms with E-state index >= 15 is 0 Å². The van der Waals surface area contributed by atoms with Crippen LogP contribution < -0.4 is 20.1 Å². The fourth-order valence-electron chi connectivity index (χ4n) is 3.73. The van der Waals surface area contributed by atoms with Crippen LogP contribution in [0.15, 0.2) is 66.9 Å². The molecule has 3 aromatic rings. The number of anilines is 1. The summed E-state index contributed by atoms with van der Waals surface area (Å²) in [5.41, 5.74) is 1.02. The van der Waals surface area contributed by atoms with Gasteiger partial charge in [-0.2, -0.15) is 13.1 Å². The molecule has 0 saturated heterocycles. The lowest BCUT2D eigenvalue weighted by atomic mass is 10.1. The van der Waals surface area contributed by atoms with Gasteiger partial charge in [0.15, 0.2) is 0 Å². The Labute approximate surface area is 239 Å². The molecule has 0 unspecified atom stereocenters. The summed E-state index contributed by atoms with van der Waals surface area (Å²) in [5.74, 6) is -0.480. The summed E-state index contributed by atoms with van der Waals surface area (Å²) >= 11 is 0. The number of nitrogens with zero attached hydrogens (tertiary/aromatic N) is 1. The van der Waals surface area contributed by atoms with Crippen molar-refractivity contribution in [1.82, 2.24) is 19.7 Å². The predicted molar refractivity (Wildman–Crippen MR) is 154 cm³/mol. The number of hydrogen-bond acceptors (Lipinski definition) is 8. The summed E-state index contributed by atoms with van der Waals surface area (Å²) in [4.78, 5) is 41.9. The molecule has 220 valence electrons. The topological polar surface area (TPSA) is 165 Å². The zero-order valence-corrected chi connectivity index (χ0v) is 24.0. The first-order chi connectivity index (χ1) is 19.4. The number of alkyl carbamates (subject to hydrolysis) is 1. The molecule has 12 nitrogen and oxygen atoms in total. The molecule has 1 atom stereocenters. The molecule has 1 aromatic heterocycles. The van der Waals surface area contributed by atoms with Gasteiger partial charge in [-0.15, -0.1) is 0 Å². The molecular weight excluding hydrogens is 550 g/mol. The molecule has 3 amide bonds. The number of nitrogens with one attached hydrogen (secondary N) is 4. The van der Waals surface area contributed by atoms with Crippen molar-refractivity contribution in [2.75, 3.05) is 11.9 Å². The maximum Gasteiger partial charge on any atom is 0.422 e. The van der Waals surface area contributed by atoms with Crippen molar-refractivity contribution in [2.45, 2.75) is 58.3 Å². The SMILES string of the molecule is CC(C)(C)OC(=O)NS(=O)(=O)NCCCC[C@H](NC(=O)OCc1ccccc1)C(=O)Nc1cccc2cccnc12. The number of rotatable bonds is 12. The molecule has 0 aliphatic rings. The van der Waals surface area contributed by atoms with Crippen LogP contribution in [0.5, 0.6) is 0 Å². The molecule has 2 aromatic carbocycles. The number of pyridine rings is 1. The third-order valence-corrected chi connectivity index (χ3v) is 6.56. The Balaban J connectivity index is 1.58. The number of unbranched alkanes of at least 4 members (excludes halogenated alkanes) is 1. The summed E-state index contributed by atoms with van der Waals surface area (Å²) in [6, 6.07) is 17.2. The first kappa shape index (κ1) is 31.3. The molecule has 0 spiro atoms. The van der Waals surface area contributed by atoms with E-state index in [4.69, 9.17) is 9.47 Å². The molecule has 0 radical (unpaired) electrons. The number of amides is 3. The Morgan fingerprint density at radius 1 is 0.927 bits per heavy atom. The molecule has 0 saturated carbocycles. The van der Waals surface area contributed by atoms with Crippen molar-refractivity contribution < 1.29 is 32.3 Å². The Kier molecular flexibility index (Phi) is 11.0. The number of aromatic nitrogens is 1. The minimum Gasteiger partial charge on any atom is -0.445 e. The smallest absolute Gasteiger partial charge is 0.422 e. The fourth-order valence-corrected chi connectivity index (χ4v) is 4.47. The largest absolute Gasteiger partial charge is 0.445 e. The van der Waals surface area contributed by atoms with Crippen LogP contribution in [0.1, 0.15) is 45.6 Å². The molecule has 0 aliphatic heterocycles. The molecule has 0 bridgehead atoms. The van der Waals surface area contributed by atoms with Crippen LogP contribution in [0.2, 0.25) is 0 Å². The highest BCUT2D eigenvalue weighted by atomic mass is 32.2. The van der Waals surface area contributed by atoms with Crippen LogP contribution in [0.3, 0.4) is 0 Å². The monoisotopic (exact) mass is 585 g/mol. The van der Waals surface area contributed by atoms with Crippen molar-refractivity contribution in [3.63, 3.8) is 0 Å². The summed E-state index contributed by atoms with van der Waals surface area (Å²) in [6.07, 6.45) is 0.615. The lowest BCUT2D eigenvalue weighted by Crippen LogP contribution is -2.44. The van der Waals surface area contributed by atoms with Gasteiger partial charge < -0.3 is 20.1 Å². The number of hydrogen-bond donors (Lipinski definition) is 4. The third-order valence-electron chi connectivity index (χ3n) is 5.54. The van der Waals surface area contributed by atoms with Gasteiger partial charge in [-0.25, -0.2) is 14.3 Å². The number of benzene rings is 2. The second kappa shape index (κ2) is 14.4. The average molecular weight is 586 g/mol. The molecule has 13 heteroatoms. The van der Waals surface area contributed by atoms with Gasteiger partial charge in [-0.05, 0) is 57.7 Å². The molecule has 1 heterocycles. The van der Waals surface area contributed by atoms with Gasteiger partial charge >= 0.3 is 22.4 Å². The number of ether oxygens (including phenoxy) is 2. The lowest BCUT2D eigenvalue weighted by Gasteiger charge is -2.20. The Bertz CT molecular complexity index is 1440. The Morgan fingerprint density at radius 3 is 2.39 bits per heavy atom. The van der Waals surface area contributed by atoms with E-state index in [-0.39, 0.29) is 19.6 Å². The quantitative estimate of drug-likeness (QED) is 0.232. The molecule has 0 fully saturated rings. The normalized spacial score (nSPS) is 12.3. The van der Waals surface area contributed by atoms with Crippen LogP contribution in [0.4, 0.5) is 15.3 Å². The third kappa shape index (κ3) is 11.0. The molecule has 41 heavy (non-hydrogen) atoms. The van der Waals surface area contributed by atoms with E-state index < -0.39 is 39.9 Å². The van der Waals surface area contributed by atoms with E-state index in [0.29, 0.717) is 24.0 Å². The summed E-state index contributed by atoms with van der Waals surface area (Å²) in [5, 5.41) is 6.27. The maximum absolute atomic E-state index is 13.2. The van der Waals surface area contributed by atoms with Crippen molar-refractivity contribution in [3.8, 4) is 0 Å². The van der Waals surface area contributed by atoms with Gasteiger partial charge in [0, 0.05) is 18.1 Å². The standard InChI is InChI=1S/C28H35N5O7S/c1-28(2,3)40-27(36)33-41(37,38)30-18-8-7-15-23(32-26(35)39-19-20-11-5-4-6-12-20)25(34)31-22-16-9-13-21-14-10-17-29-24(21)22/h4-6,9-14,16-17,23,30H,7-8,15,18-19H2,1-3H3,(H,31,34)(H,32,35)(H,33,36)/t23-/m0/s1. The molecule has 3 rings (SSSR count). The van der Waals surface area contributed by atoms with E-state index in [1.807, 2.05) is 42.5 Å². The summed E-state index contributed by atoms with van der Waals surface area (Å²) in [6.45, 7) is 4.85. The van der Waals surface area contributed by atoms with Crippen LogP contribution in [0, 0.1) is 0 Å². The maximum atomic E-state index is 13.2. The first-order valence-electron chi connectivity index (χ1n) is 13.0.